The lowest BCUT2D eigenvalue weighted by Gasteiger charge is -2.06. The van der Waals surface area contributed by atoms with Gasteiger partial charge in [-0.2, -0.15) is 5.10 Å². The second kappa shape index (κ2) is 7.54. The summed E-state index contributed by atoms with van der Waals surface area (Å²) in [7, 11) is 0. The molecule has 3 aromatic heterocycles. The third kappa shape index (κ3) is 4.09. The topological polar surface area (TPSA) is 98.7 Å². The fourth-order valence-corrected chi connectivity index (χ4v) is 3.23. The Morgan fingerprint density at radius 1 is 1.36 bits per heavy atom. The monoisotopic (exact) mass is 356 g/mol. The minimum Gasteiger partial charge on any atom is -0.347 e. The van der Waals surface area contributed by atoms with Gasteiger partial charge in [0, 0.05) is 30.2 Å². The first kappa shape index (κ1) is 17.2. The van der Waals surface area contributed by atoms with Crippen LogP contribution in [0.15, 0.2) is 29.8 Å². The molecule has 7 nitrogen and oxygen atoms in total. The van der Waals surface area contributed by atoms with E-state index in [1.807, 2.05) is 32.0 Å². The zero-order valence-electron chi connectivity index (χ0n) is 14.2. The zero-order valence-corrected chi connectivity index (χ0v) is 15.0. The summed E-state index contributed by atoms with van der Waals surface area (Å²) < 4.78 is 1.80. The molecule has 25 heavy (non-hydrogen) atoms. The third-order valence-corrected chi connectivity index (χ3v) is 4.54. The second-order valence-electron chi connectivity index (χ2n) is 5.71. The van der Waals surface area contributed by atoms with Crippen molar-refractivity contribution in [1.29, 1.82) is 0 Å². The molecule has 0 aliphatic carbocycles. The molecule has 0 radical (unpaired) electrons. The maximum absolute atomic E-state index is 12.1. The van der Waals surface area contributed by atoms with Gasteiger partial charge in [0.1, 0.15) is 5.69 Å². The van der Waals surface area contributed by atoms with Crippen LogP contribution in [0, 0.1) is 13.8 Å². The van der Waals surface area contributed by atoms with Crippen molar-refractivity contribution >= 4 is 17.2 Å². The van der Waals surface area contributed by atoms with Gasteiger partial charge in [0.25, 0.3) is 5.91 Å². The normalized spacial score (nSPS) is 10.8. The Balaban J connectivity index is 1.61. The van der Waals surface area contributed by atoms with Gasteiger partial charge in [-0.05, 0) is 38.1 Å². The minimum atomic E-state index is -0.192. The van der Waals surface area contributed by atoms with Crippen LogP contribution in [0.4, 0.5) is 0 Å². The number of hydrogen-bond donors (Lipinski definition) is 2. The minimum absolute atomic E-state index is 0.192. The highest BCUT2D eigenvalue weighted by Gasteiger charge is 2.10. The van der Waals surface area contributed by atoms with E-state index in [0.29, 0.717) is 25.2 Å². The Kier molecular flexibility index (Phi) is 5.20. The summed E-state index contributed by atoms with van der Waals surface area (Å²) in [6.45, 7) is 4.86. The van der Waals surface area contributed by atoms with Gasteiger partial charge in [0.05, 0.1) is 10.7 Å². The SMILES string of the molecule is Cc1cc(C)n(-c2ccc(CNC(=O)c3csc(CCN)n3)cn2)n1. The lowest BCUT2D eigenvalue weighted by molar-refractivity contribution is 0.0946. The quantitative estimate of drug-likeness (QED) is 0.701. The molecule has 0 unspecified atom stereocenters. The molecular weight excluding hydrogens is 336 g/mol. The van der Waals surface area contributed by atoms with Gasteiger partial charge < -0.3 is 11.1 Å². The summed E-state index contributed by atoms with van der Waals surface area (Å²) in [6, 6.07) is 5.83. The number of nitrogens with two attached hydrogens (primary N) is 1. The fraction of sp³-hybridized carbons (Fsp3) is 0.294. The number of thiazole rings is 1. The summed E-state index contributed by atoms with van der Waals surface area (Å²) in [6.07, 6.45) is 2.43. The van der Waals surface area contributed by atoms with Crippen molar-refractivity contribution in [3.63, 3.8) is 0 Å². The van der Waals surface area contributed by atoms with Gasteiger partial charge in [-0.1, -0.05) is 6.07 Å². The Morgan fingerprint density at radius 3 is 2.84 bits per heavy atom. The molecule has 0 spiro atoms. The van der Waals surface area contributed by atoms with E-state index < -0.39 is 0 Å². The lowest BCUT2D eigenvalue weighted by Crippen LogP contribution is -2.23. The van der Waals surface area contributed by atoms with E-state index in [2.05, 4.69) is 20.4 Å². The molecule has 3 aromatic rings. The van der Waals surface area contributed by atoms with Crippen LogP contribution in [0.25, 0.3) is 5.82 Å². The van der Waals surface area contributed by atoms with E-state index in [1.165, 1.54) is 11.3 Å². The molecule has 0 bridgehead atoms. The number of carbonyl (C=O) groups is 1. The van der Waals surface area contributed by atoms with Crippen LogP contribution in [0.1, 0.15) is 32.4 Å². The highest BCUT2D eigenvalue weighted by Crippen LogP contribution is 2.12. The second-order valence-corrected chi connectivity index (χ2v) is 6.65. The summed E-state index contributed by atoms with van der Waals surface area (Å²) in [5, 5.41) is 9.90. The number of aryl methyl sites for hydroxylation is 2. The summed E-state index contributed by atoms with van der Waals surface area (Å²) in [5.74, 6) is 0.564. The van der Waals surface area contributed by atoms with E-state index in [9.17, 15) is 4.79 Å². The predicted octanol–water partition coefficient (Wildman–Crippen LogP) is 1.77. The number of nitrogens with one attached hydrogen (secondary N) is 1. The van der Waals surface area contributed by atoms with Crippen molar-refractivity contribution in [2.24, 2.45) is 5.73 Å². The average molecular weight is 356 g/mol. The molecule has 0 aliphatic rings. The van der Waals surface area contributed by atoms with Crippen LogP contribution in [0.3, 0.4) is 0 Å². The van der Waals surface area contributed by atoms with E-state index in [-0.39, 0.29) is 5.91 Å². The number of nitrogens with zero attached hydrogens (tertiary/aromatic N) is 4. The van der Waals surface area contributed by atoms with Crippen LogP contribution < -0.4 is 11.1 Å². The van der Waals surface area contributed by atoms with Crippen LogP contribution in [0.2, 0.25) is 0 Å². The number of aromatic nitrogens is 4. The molecule has 0 fully saturated rings. The molecule has 0 saturated heterocycles. The van der Waals surface area contributed by atoms with Gasteiger partial charge in [-0.15, -0.1) is 11.3 Å². The maximum atomic E-state index is 12.1. The molecule has 3 rings (SSSR count). The highest BCUT2D eigenvalue weighted by atomic mass is 32.1. The van der Waals surface area contributed by atoms with Crippen molar-refractivity contribution in [2.75, 3.05) is 6.54 Å². The van der Waals surface area contributed by atoms with Gasteiger partial charge in [-0.25, -0.2) is 14.6 Å². The molecule has 3 N–H and O–H groups in total. The van der Waals surface area contributed by atoms with E-state index >= 15 is 0 Å². The lowest BCUT2D eigenvalue weighted by atomic mass is 10.2. The Hall–Kier alpha value is -2.58. The van der Waals surface area contributed by atoms with Gasteiger partial charge >= 0.3 is 0 Å². The largest absolute Gasteiger partial charge is 0.347 e. The molecule has 0 atom stereocenters. The average Bonchev–Trinajstić information content (AvgIpc) is 3.20. The van der Waals surface area contributed by atoms with Crippen molar-refractivity contribution in [2.45, 2.75) is 26.8 Å². The first-order valence-corrected chi connectivity index (χ1v) is 8.86. The van der Waals surface area contributed by atoms with Crippen LogP contribution in [-0.2, 0) is 13.0 Å². The highest BCUT2D eigenvalue weighted by molar-refractivity contribution is 7.09. The van der Waals surface area contributed by atoms with Crippen LogP contribution >= 0.6 is 11.3 Å². The van der Waals surface area contributed by atoms with E-state index in [0.717, 1.165) is 27.8 Å². The molecular formula is C17H20N6OS. The molecule has 0 saturated carbocycles. The Bertz CT molecular complexity index is 868. The van der Waals surface area contributed by atoms with Crippen molar-refractivity contribution < 1.29 is 4.79 Å². The molecule has 130 valence electrons. The van der Waals surface area contributed by atoms with Gasteiger partial charge in [0.2, 0.25) is 0 Å². The first-order chi connectivity index (χ1) is 12.1. The van der Waals surface area contributed by atoms with Gasteiger partial charge in [0.15, 0.2) is 5.82 Å². The number of amides is 1. The van der Waals surface area contributed by atoms with Crippen molar-refractivity contribution in [3.8, 4) is 5.82 Å². The maximum Gasteiger partial charge on any atom is 0.271 e. The molecule has 8 heteroatoms. The zero-order chi connectivity index (χ0) is 17.8. The molecule has 0 aliphatic heterocycles. The number of carbonyl (C=O) groups excluding carboxylic acids is 1. The third-order valence-electron chi connectivity index (χ3n) is 3.63. The predicted molar refractivity (Wildman–Crippen MR) is 96.9 cm³/mol. The standard InChI is InChI=1S/C17H20N6OS/c1-11-7-12(2)23(22-11)15-4-3-13(8-19-15)9-20-17(24)14-10-25-16(21-14)5-6-18/h3-4,7-8,10H,5-6,9,18H2,1-2H3,(H,20,24). The first-order valence-electron chi connectivity index (χ1n) is 7.98. The molecule has 1 amide bonds. The van der Waals surface area contributed by atoms with Crippen molar-refractivity contribution in [1.82, 2.24) is 25.1 Å². The molecule has 0 aromatic carbocycles. The number of rotatable bonds is 6. The fourth-order valence-electron chi connectivity index (χ4n) is 2.43. The molecule has 3 heterocycles. The summed E-state index contributed by atoms with van der Waals surface area (Å²) >= 11 is 1.45. The van der Waals surface area contributed by atoms with Crippen molar-refractivity contribution in [3.05, 3.63) is 57.4 Å². The van der Waals surface area contributed by atoms with E-state index in [1.54, 1.807) is 16.3 Å². The summed E-state index contributed by atoms with van der Waals surface area (Å²) in [5.41, 5.74) is 8.82. The summed E-state index contributed by atoms with van der Waals surface area (Å²) in [4.78, 5) is 20.8. The number of hydrogen-bond acceptors (Lipinski definition) is 6. The van der Waals surface area contributed by atoms with E-state index in [4.69, 9.17) is 5.73 Å². The smallest absolute Gasteiger partial charge is 0.271 e. The number of pyridine rings is 1. The van der Waals surface area contributed by atoms with Crippen LogP contribution in [0.5, 0.6) is 0 Å². The van der Waals surface area contributed by atoms with Crippen LogP contribution in [-0.4, -0.2) is 32.2 Å². The Morgan fingerprint density at radius 2 is 2.20 bits per heavy atom. The Labute approximate surface area is 149 Å². The van der Waals surface area contributed by atoms with Gasteiger partial charge in [-0.3, -0.25) is 4.79 Å².